The van der Waals surface area contributed by atoms with E-state index in [0.717, 1.165) is 11.3 Å². The van der Waals surface area contributed by atoms with E-state index in [1.165, 1.54) is 23.8 Å². The van der Waals surface area contributed by atoms with Crippen LogP contribution in [0.25, 0.3) is 6.08 Å². The van der Waals surface area contributed by atoms with Crippen molar-refractivity contribution >= 4 is 40.6 Å². The van der Waals surface area contributed by atoms with Crippen LogP contribution < -0.4 is 29.7 Å². The van der Waals surface area contributed by atoms with Gasteiger partial charge in [0.25, 0.3) is 11.5 Å². The molecule has 0 spiro atoms. The highest BCUT2D eigenvalue weighted by molar-refractivity contribution is 7.07. The molecule has 0 radical (unpaired) electrons. The molecule has 1 atom stereocenters. The van der Waals surface area contributed by atoms with Crippen LogP contribution in [0.1, 0.15) is 24.1 Å². The smallest absolute Gasteiger partial charge is 0.387 e. The van der Waals surface area contributed by atoms with E-state index < -0.39 is 12.7 Å². The van der Waals surface area contributed by atoms with Gasteiger partial charge in [-0.2, -0.15) is 8.78 Å². The maximum absolute atomic E-state index is 13.8. The Bertz CT molecular complexity index is 1780. The predicted molar refractivity (Wildman–Crippen MR) is 150 cm³/mol. The third kappa shape index (κ3) is 5.54. The number of nitrogens with zero attached hydrogens (tertiary/aromatic N) is 2. The van der Waals surface area contributed by atoms with Crippen LogP contribution >= 0.6 is 22.9 Å². The molecule has 1 aromatic heterocycles. The number of amides is 1. The number of methoxy groups -OCH3 is 1. The van der Waals surface area contributed by atoms with Crippen LogP contribution in [0.2, 0.25) is 5.02 Å². The molecule has 3 aromatic carbocycles. The first-order valence-corrected chi connectivity index (χ1v) is 13.2. The summed E-state index contributed by atoms with van der Waals surface area (Å²) in [6, 6.07) is 19.6. The number of hydrogen-bond donors (Lipinski definition) is 1. The summed E-state index contributed by atoms with van der Waals surface area (Å²) in [6.45, 7) is -1.28. The van der Waals surface area contributed by atoms with Crippen molar-refractivity contribution in [2.75, 3.05) is 12.4 Å². The summed E-state index contributed by atoms with van der Waals surface area (Å²) in [5.41, 5.74) is 2.24. The van der Waals surface area contributed by atoms with Crippen molar-refractivity contribution in [2.24, 2.45) is 4.99 Å². The Kier molecular flexibility index (Phi) is 7.81. The molecule has 1 aliphatic heterocycles. The molecule has 2 heterocycles. The molecule has 11 heteroatoms. The average Bonchev–Trinajstić information content (AvgIpc) is 3.23. The molecule has 0 unspecified atom stereocenters. The first kappa shape index (κ1) is 27.3. The summed E-state index contributed by atoms with van der Waals surface area (Å²) < 4.78 is 37.0. The molecule has 0 saturated carbocycles. The lowest BCUT2D eigenvalue weighted by Gasteiger charge is -2.25. The zero-order valence-corrected chi connectivity index (χ0v) is 22.8. The number of alkyl halides is 2. The van der Waals surface area contributed by atoms with Crippen LogP contribution in [0.15, 0.2) is 93.9 Å². The van der Waals surface area contributed by atoms with Gasteiger partial charge in [-0.3, -0.25) is 14.2 Å². The topological polar surface area (TPSA) is 81.9 Å². The van der Waals surface area contributed by atoms with E-state index >= 15 is 0 Å². The van der Waals surface area contributed by atoms with Crippen molar-refractivity contribution in [3.05, 3.63) is 120 Å². The van der Waals surface area contributed by atoms with Gasteiger partial charge in [0.05, 0.1) is 29.0 Å². The fourth-order valence-electron chi connectivity index (χ4n) is 4.41. The Morgan fingerprint density at radius 1 is 1.10 bits per heavy atom. The molecule has 5 rings (SSSR count). The number of rotatable bonds is 7. The van der Waals surface area contributed by atoms with E-state index in [4.69, 9.17) is 16.3 Å². The van der Waals surface area contributed by atoms with Crippen LogP contribution in [0.5, 0.6) is 11.5 Å². The lowest BCUT2D eigenvalue weighted by molar-refractivity contribution is -0.113. The Balaban J connectivity index is 1.63. The number of para-hydroxylation sites is 1. The van der Waals surface area contributed by atoms with Crippen LogP contribution in [-0.2, 0) is 4.79 Å². The van der Waals surface area contributed by atoms with Gasteiger partial charge in [0, 0.05) is 10.7 Å². The van der Waals surface area contributed by atoms with Gasteiger partial charge in [-0.1, -0.05) is 59.3 Å². The number of thiazole rings is 1. The highest BCUT2D eigenvalue weighted by atomic mass is 35.5. The van der Waals surface area contributed by atoms with Gasteiger partial charge in [0.1, 0.15) is 0 Å². The van der Waals surface area contributed by atoms with Crippen molar-refractivity contribution in [1.82, 2.24) is 4.57 Å². The zero-order valence-electron chi connectivity index (χ0n) is 21.2. The van der Waals surface area contributed by atoms with Gasteiger partial charge < -0.3 is 14.8 Å². The molecule has 0 saturated heterocycles. The molecule has 1 aliphatic rings. The summed E-state index contributed by atoms with van der Waals surface area (Å²) in [6.07, 6.45) is 1.61. The lowest BCUT2D eigenvalue weighted by atomic mass is 9.95. The second-order valence-electron chi connectivity index (χ2n) is 8.74. The van der Waals surface area contributed by atoms with Gasteiger partial charge in [-0.15, -0.1) is 0 Å². The van der Waals surface area contributed by atoms with E-state index in [2.05, 4.69) is 15.0 Å². The number of allylic oxidation sites excluding steroid dienone is 1. The zero-order chi connectivity index (χ0) is 28.4. The molecule has 0 bridgehead atoms. The summed E-state index contributed by atoms with van der Waals surface area (Å²) in [5, 5.41) is 3.41. The molecular formula is C29H22ClF2N3O4S. The quantitative estimate of drug-likeness (QED) is 0.328. The third-order valence-corrected chi connectivity index (χ3v) is 7.42. The van der Waals surface area contributed by atoms with Gasteiger partial charge in [-0.25, -0.2) is 4.99 Å². The fraction of sp³-hybridized carbons (Fsp3) is 0.138. The van der Waals surface area contributed by atoms with Crippen LogP contribution in [0, 0.1) is 0 Å². The third-order valence-electron chi connectivity index (χ3n) is 6.19. The van der Waals surface area contributed by atoms with E-state index in [-0.39, 0.29) is 23.0 Å². The summed E-state index contributed by atoms with van der Waals surface area (Å²) in [5.74, 6) is -0.416. The highest BCUT2D eigenvalue weighted by Crippen LogP contribution is 2.32. The number of hydrogen-bond acceptors (Lipinski definition) is 6. The lowest BCUT2D eigenvalue weighted by Crippen LogP contribution is -2.40. The van der Waals surface area contributed by atoms with Gasteiger partial charge >= 0.3 is 6.61 Å². The van der Waals surface area contributed by atoms with Crippen LogP contribution in [0.3, 0.4) is 0 Å². The number of carbonyl (C=O) groups is 1. The number of anilines is 1. The maximum atomic E-state index is 13.8. The van der Waals surface area contributed by atoms with Crippen LogP contribution in [-0.4, -0.2) is 24.2 Å². The Hall–Kier alpha value is -4.28. The van der Waals surface area contributed by atoms with Crippen molar-refractivity contribution < 1.29 is 23.0 Å². The number of aromatic nitrogens is 1. The van der Waals surface area contributed by atoms with Gasteiger partial charge in [0.2, 0.25) is 0 Å². The van der Waals surface area contributed by atoms with Crippen molar-refractivity contribution in [1.29, 1.82) is 0 Å². The molecule has 40 heavy (non-hydrogen) atoms. The second kappa shape index (κ2) is 11.4. The monoisotopic (exact) mass is 581 g/mol. The van der Waals surface area contributed by atoms with Crippen LogP contribution in [0.4, 0.5) is 14.5 Å². The highest BCUT2D eigenvalue weighted by Gasteiger charge is 2.32. The number of halogens is 3. The van der Waals surface area contributed by atoms with Gasteiger partial charge in [0.15, 0.2) is 16.3 Å². The minimum atomic E-state index is -3.01. The standard InChI is InChI=1S/C29H22ClF2N3O4S/c1-16-24(26(36)34-20-6-4-3-5-7-20)25(18-9-11-19(30)12-10-18)35-27(37)23(40-29(35)33-16)15-17-8-13-21(39-28(31)32)22(14-17)38-2/h3-15,25,28H,1-2H3,(H,34,36)/b23-15+/t25-/m0/s1. The maximum Gasteiger partial charge on any atom is 0.387 e. The fourth-order valence-corrected chi connectivity index (χ4v) is 5.58. The molecule has 1 N–H and O–H groups in total. The molecule has 204 valence electrons. The van der Waals surface area contributed by atoms with Crippen molar-refractivity contribution in [3.63, 3.8) is 0 Å². The Morgan fingerprint density at radius 3 is 2.50 bits per heavy atom. The molecular weight excluding hydrogens is 560 g/mol. The molecule has 0 fully saturated rings. The summed E-state index contributed by atoms with van der Waals surface area (Å²) in [4.78, 5) is 32.4. The van der Waals surface area contributed by atoms with E-state index in [9.17, 15) is 18.4 Å². The minimum absolute atomic E-state index is 0.0941. The second-order valence-corrected chi connectivity index (χ2v) is 10.2. The first-order chi connectivity index (χ1) is 19.2. The molecule has 1 amide bonds. The number of nitrogens with one attached hydrogen (secondary N) is 1. The molecule has 4 aromatic rings. The van der Waals surface area contributed by atoms with Crippen molar-refractivity contribution in [2.45, 2.75) is 19.6 Å². The molecule has 0 aliphatic carbocycles. The number of carbonyl (C=O) groups excluding carboxylic acids is 1. The number of benzene rings is 3. The summed E-state index contributed by atoms with van der Waals surface area (Å²) in [7, 11) is 1.34. The molecule has 7 nitrogen and oxygen atoms in total. The summed E-state index contributed by atoms with van der Waals surface area (Å²) >= 11 is 7.29. The largest absolute Gasteiger partial charge is 0.493 e. The average molecular weight is 582 g/mol. The van der Waals surface area contributed by atoms with E-state index in [1.54, 1.807) is 55.5 Å². The van der Waals surface area contributed by atoms with E-state index in [0.29, 0.717) is 42.4 Å². The SMILES string of the molecule is COc1cc(/C=c2/sc3n(c2=O)[C@@H](c2ccc(Cl)cc2)C(C(=O)Nc2ccccc2)=C(C)N=3)ccc1OC(F)F. The van der Waals surface area contributed by atoms with Gasteiger partial charge in [-0.05, 0) is 60.5 Å². The van der Waals surface area contributed by atoms with Crippen molar-refractivity contribution in [3.8, 4) is 11.5 Å². The number of fused-ring (bicyclic) bond motifs is 1. The Labute approximate surface area is 236 Å². The number of ether oxygens (including phenoxy) is 2. The normalized spacial score (nSPS) is 15.1. The Morgan fingerprint density at radius 2 is 1.82 bits per heavy atom. The minimum Gasteiger partial charge on any atom is -0.493 e. The predicted octanol–water partition coefficient (Wildman–Crippen LogP) is 5.14. The van der Waals surface area contributed by atoms with E-state index in [1.807, 2.05) is 18.2 Å². The first-order valence-electron chi connectivity index (χ1n) is 12.0.